The lowest BCUT2D eigenvalue weighted by Gasteiger charge is -1.99. The fourth-order valence-corrected chi connectivity index (χ4v) is 2.06. The van der Waals surface area contributed by atoms with E-state index in [0.717, 1.165) is 17.2 Å². The van der Waals surface area contributed by atoms with E-state index in [1.807, 2.05) is 13.8 Å². The molecule has 0 fully saturated rings. The molecule has 96 valence electrons. The molecule has 0 bridgehead atoms. The van der Waals surface area contributed by atoms with Crippen LogP contribution in [0.2, 0.25) is 0 Å². The first-order valence-electron chi connectivity index (χ1n) is 5.46. The van der Waals surface area contributed by atoms with Crippen molar-refractivity contribution in [3.63, 3.8) is 0 Å². The number of nitrogens with zero attached hydrogens (tertiary/aromatic N) is 4. The molecule has 2 rings (SSSR count). The van der Waals surface area contributed by atoms with Crippen LogP contribution in [0.15, 0.2) is 4.42 Å². The van der Waals surface area contributed by atoms with Gasteiger partial charge in [0.2, 0.25) is 0 Å². The first-order chi connectivity index (χ1) is 8.63. The third kappa shape index (κ3) is 2.37. The van der Waals surface area contributed by atoms with E-state index in [-0.39, 0.29) is 24.3 Å². The Bertz CT molecular complexity index is 549. The van der Waals surface area contributed by atoms with Crippen LogP contribution in [0.25, 0.3) is 10.8 Å². The lowest BCUT2D eigenvalue weighted by Crippen LogP contribution is -2.04. The summed E-state index contributed by atoms with van der Waals surface area (Å²) < 4.78 is 13.9. The first kappa shape index (κ1) is 12.6. The maximum Gasteiger partial charge on any atom is 0.396 e. The number of carbonyl (C=O) groups is 1. The second kappa shape index (κ2) is 5.21. The van der Waals surface area contributed by atoms with Gasteiger partial charge in [-0.2, -0.15) is 0 Å². The Morgan fingerprint density at radius 1 is 1.39 bits per heavy atom. The number of carbonyl (C=O) groups excluding carboxylic acids is 1. The van der Waals surface area contributed by atoms with E-state index in [9.17, 15) is 4.79 Å². The highest BCUT2D eigenvalue weighted by molar-refractivity contribution is 7.09. The van der Waals surface area contributed by atoms with Crippen LogP contribution in [0.4, 0.5) is 0 Å². The summed E-state index contributed by atoms with van der Waals surface area (Å²) in [6.07, 6.45) is 0. The van der Waals surface area contributed by atoms with Gasteiger partial charge in [0.05, 0.1) is 12.3 Å². The van der Waals surface area contributed by atoms with Crippen molar-refractivity contribution in [2.75, 3.05) is 6.61 Å². The molecule has 0 aliphatic rings. The largest absolute Gasteiger partial charge is 0.459 e. The van der Waals surface area contributed by atoms with Crippen LogP contribution >= 0.6 is 11.5 Å². The van der Waals surface area contributed by atoms with Crippen molar-refractivity contribution in [2.24, 2.45) is 0 Å². The molecule has 0 aliphatic carbocycles. The van der Waals surface area contributed by atoms with Gasteiger partial charge >= 0.3 is 11.9 Å². The molecular weight excluding hydrogens is 256 g/mol. The smallest absolute Gasteiger partial charge is 0.396 e. The zero-order chi connectivity index (χ0) is 13.1. The fourth-order valence-electron chi connectivity index (χ4n) is 1.31. The van der Waals surface area contributed by atoms with E-state index in [1.54, 1.807) is 6.92 Å². The number of ether oxygens (including phenoxy) is 1. The minimum Gasteiger partial charge on any atom is -0.459 e. The minimum absolute atomic E-state index is 0.157. The standard InChI is InChI=1S/C10H12N4O3S/c1-4-16-10(15)9-13-12-8(17-9)7-6(5(2)3)11-14-18-7/h5H,4H2,1-3H3. The highest BCUT2D eigenvalue weighted by Gasteiger charge is 2.22. The molecule has 0 radical (unpaired) electrons. The van der Waals surface area contributed by atoms with Crippen molar-refractivity contribution in [3.8, 4) is 10.8 Å². The van der Waals surface area contributed by atoms with E-state index < -0.39 is 5.97 Å². The topological polar surface area (TPSA) is 91.0 Å². The Morgan fingerprint density at radius 3 is 2.83 bits per heavy atom. The average molecular weight is 268 g/mol. The number of aromatic nitrogens is 4. The Balaban J connectivity index is 2.29. The van der Waals surface area contributed by atoms with Crippen molar-refractivity contribution < 1.29 is 13.9 Å². The molecule has 0 aromatic carbocycles. The molecule has 7 nitrogen and oxygen atoms in total. The third-order valence-corrected chi connectivity index (χ3v) is 2.86. The van der Waals surface area contributed by atoms with Crippen LogP contribution in [-0.4, -0.2) is 32.4 Å². The summed E-state index contributed by atoms with van der Waals surface area (Å²) >= 11 is 1.16. The van der Waals surface area contributed by atoms with Gasteiger partial charge in [0, 0.05) is 0 Å². The van der Waals surface area contributed by atoms with Gasteiger partial charge in [0.25, 0.3) is 5.89 Å². The average Bonchev–Trinajstić information content (AvgIpc) is 2.98. The Kier molecular flexibility index (Phi) is 3.66. The molecule has 0 spiro atoms. The molecule has 0 N–H and O–H groups in total. The number of rotatable bonds is 4. The van der Waals surface area contributed by atoms with Crippen molar-refractivity contribution in [1.82, 2.24) is 19.8 Å². The molecule has 0 amide bonds. The van der Waals surface area contributed by atoms with Crippen LogP contribution < -0.4 is 0 Å². The van der Waals surface area contributed by atoms with Gasteiger partial charge in [0.1, 0.15) is 4.88 Å². The fraction of sp³-hybridized carbons (Fsp3) is 0.500. The maximum absolute atomic E-state index is 11.4. The molecule has 0 atom stereocenters. The molecule has 0 saturated carbocycles. The number of hydrogen-bond donors (Lipinski definition) is 0. The summed E-state index contributed by atoms with van der Waals surface area (Å²) in [5, 5.41) is 11.5. The SMILES string of the molecule is CCOC(=O)c1nnc(-c2snnc2C(C)C)o1. The lowest BCUT2D eigenvalue weighted by molar-refractivity contribution is 0.0481. The van der Waals surface area contributed by atoms with Gasteiger partial charge in [-0.1, -0.05) is 18.3 Å². The van der Waals surface area contributed by atoms with Gasteiger partial charge in [-0.05, 0) is 24.4 Å². The van der Waals surface area contributed by atoms with E-state index in [2.05, 4.69) is 19.8 Å². The van der Waals surface area contributed by atoms with Crippen LogP contribution in [0.3, 0.4) is 0 Å². The van der Waals surface area contributed by atoms with E-state index >= 15 is 0 Å². The predicted molar refractivity (Wildman–Crippen MR) is 63.2 cm³/mol. The van der Waals surface area contributed by atoms with Gasteiger partial charge in [-0.3, -0.25) is 0 Å². The maximum atomic E-state index is 11.4. The van der Waals surface area contributed by atoms with Crippen LogP contribution in [0, 0.1) is 0 Å². The molecule has 2 heterocycles. The van der Waals surface area contributed by atoms with E-state index in [4.69, 9.17) is 9.15 Å². The zero-order valence-electron chi connectivity index (χ0n) is 10.2. The highest BCUT2D eigenvalue weighted by atomic mass is 32.1. The van der Waals surface area contributed by atoms with Gasteiger partial charge in [0.15, 0.2) is 0 Å². The Hall–Kier alpha value is -1.83. The second-order valence-electron chi connectivity index (χ2n) is 3.77. The lowest BCUT2D eigenvalue weighted by atomic mass is 10.1. The second-order valence-corrected chi connectivity index (χ2v) is 4.53. The van der Waals surface area contributed by atoms with Gasteiger partial charge in [-0.25, -0.2) is 4.79 Å². The van der Waals surface area contributed by atoms with Crippen LogP contribution in [0.1, 0.15) is 43.1 Å². The Labute approximate surface area is 107 Å². The molecule has 0 aliphatic heterocycles. The van der Waals surface area contributed by atoms with Crippen LogP contribution in [-0.2, 0) is 4.74 Å². The van der Waals surface area contributed by atoms with E-state index in [1.165, 1.54) is 0 Å². The quantitative estimate of drug-likeness (QED) is 0.782. The molecule has 0 unspecified atom stereocenters. The summed E-state index contributed by atoms with van der Waals surface area (Å²) in [5.74, 6) is -0.344. The molecule has 18 heavy (non-hydrogen) atoms. The summed E-state index contributed by atoms with van der Waals surface area (Å²) in [6, 6.07) is 0. The Morgan fingerprint density at radius 2 is 2.17 bits per heavy atom. The number of hydrogen-bond acceptors (Lipinski definition) is 8. The first-order valence-corrected chi connectivity index (χ1v) is 6.24. The van der Waals surface area contributed by atoms with Crippen molar-refractivity contribution in [1.29, 1.82) is 0 Å². The van der Waals surface area contributed by atoms with Crippen molar-refractivity contribution in [2.45, 2.75) is 26.7 Å². The predicted octanol–water partition coefficient (Wildman–Crippen LogP) is 1.89. The number of esters is 1. The monoisotopic (exact) mass is 268 g/mol. The molecular formula is C10H12N4O3S. The van der Waals surface area contributed by atoms with Crippen LogP contribution in [0.5, 0.6) is 0 Å². The van der Waals surface area contributed by atoms with E-state index in [0.29, 0.717) is 4.88 Å². The summed E-state index contributed by atoms with van der Waals surface area (Å²) in [7, 11) is 0. The summed E-state index contributed by atoms with van der Waals surface area (Å²) in [4.78, 5) is 12.1. The molecule has 2 aromatic rings. The normalized spacial score (nSPS) is 10.9. The third-order valence-electron chi connectivity index (χ3n) is 2.13. The molecule has 2 aromatic heterocycles. The summed E-state index contributed by atoms with van der Waals surface area (Å²) in [6.45, 7) is 5.95. The van der Waals surface area contributed by atoms with Crippen molar-refractivity contribution in [3.05, 3.63) is 11.6 Å². The highest BCUT2D eigenvalue weighted by Crippen LogP contribution is 2.29. The molecule has 0 saturated heterocycles. The molecule has 8 heteroatoms. The van der Waals surface area contributed by atoms with Gasteiger partial charge < -0.3 is 9.15 Å². The van der Waals surface area contributed by atoms with Gasteiger partial charge in [-0.15, -0.1) is 15.3 Å². The zero-order valence-corrected chi connectivity index (χ0v) is 11.0. The summed E-state index contributed by atoms with van der Waals surface area (Å²) in [5.41, 5.74) is 0.777. The minimum atomic E-state index is -0.625. The van der Waals surface area contributed by atoms with Crippen molar-refractivity contribution >= 4 is 17.5 Å².